The summed E-state index contributed by atoms with van der Waals surface area (Å²) in [5.41, 5.74) is -0.527. The zero-order valence-electron chi connectivity index (χ0n) is 21.1. The van der Waals surface area contributed by atoms with E-state index < -0.39 is 45.4 Å². The van der Waals surface area contributed by atoms with E-state index >= 15 is 0 Å². The molecule has 0 amide bonds. The summed E-state index contributed by atoms with van der Waals surface area (Å²) >= 11 is 0. The van der Waals surface area contributed by atoms with Gasteiger partial charge in [0.25, 0.3) is 17.1 Å². The minimum Gasteiger partial charge on any atom is -0.462 e. The number of benzene rings is 3. The van der Waals surface area contributed by atoms with Crippen molar-refractivity contribution in [2.24, 2.45) is 0 Å². The number of nitro groups is 3. The smallest absolute Gasteiger partial charge is 0.338 e. The molecular formula is C26H21N3O12. The third-order valence-corrected chi connectivity index (χ3v) is 5.52. The van der Waals surface area contributed by atoms with Crippen LogP contribution in [0.2, 0.25) is 0 Å². The molecule has 0 heterocycles. The molecule has 0 aromatic heterocycles. The van der Waals surface area contributed by atoms with Crippen molar-refractivity contribution in [2.75, 3.05) is 13.2 Å². The third-order valence-electron chi connectivity index (χ3n) is 5.52. The standard InChI is InChI=1S/C26H21N3O12/c30-24(17-3-9-20(10-4-17)27(33)34)39-15-1-2-23(41-26(32)19-7-13-22(14-8-19)29(37)38)16-40-25(31)18-5-11-21(12-6-18)28(35)36/h3-14,23H,1-2,15-16H2/t23-/m0/s1. The van der Waals surface area contributed by atoms with E-state index in [2.05, 4.69) is 0 Å². The Morgan fingerprint density at radius 1 is 0.585 bits per heavy atom. The maximum atomic E-state index is 12.6. The number of carbonyl (C=O) groups is 3. The van der Waals surface area contributed by atoms with Crippen molar-refractivity contribution in [2.45, 2.75) is 18.9 Å². The molecule has 15 heteroatoms. The van der Waals surface area contributed by atoms with Crippen molar-refractivity contribution < 1.29 is 43.4 Å². The maximum absolute atomic E-state index is 12.6. The predicted octanol–water partition coefficient (Wildman–Crippen LogP) is 4.43. The van der Waals surface area contributed by atoms with Crippen LogP contribution < -0.4 is 0 Å². The average molecular weight is 567 g/mol. The molecule has 0 saturated carbocycles. The van der Waals surface area contributed by atoms with Gasteiger partial charge in [-0.05, 0) is 49.2 Å². The highest BCUT2D eigenvalue weighted by Gasteiger charge is 2.21. The van der Waals surface area contributed by atoms with E-state index in [0.717, 1.165) is 36.4 Å². The molecule has 3 rings (SSSR count). The number of carbonyl (C=O) groups excluding carboxylic acids is 3. The van der Waals surface area contributed by atoms with E-state index in [1.165, 1.54) is 36.4 Å². The van der Waals surface area contributed by atoms with Crippen molar-refractivity contribution in [1.82, 2.24) is 0 Å². The first-order valence-corrected chi connectivity index (χ1v) is 11.8. The summed E-state index contributed by atoms with van der Waals surface area (Å²) < 4.78 is 15.8. The zero-order valence-corrected chi connectivity index (χ0v) is 21.1. The number of hydrogen-bond donors (Lipinski definition) is 0. The molecule has 0 aliphatic heterocycles. The fourth-order valence-corrected chi connectivity index (χ4v) is 3.36. The molecule has 41 heavy (non-hydrogen) atoms. The molecule has 0 fully saturated rings. The minimum atomic E-state index is -1.02. The molecule has 3 aromatic rings. The number of ether oxygens (including phenoxy) is 3. The van der Waals surface area contributed by atoms with Gasteiger partial charge in [0.2, 0.25) is 0 Å². The highest BCUT2D eigenvalue weighted by atomic mass is 16.6. The second-order valence-electron chi connectivity index (χ2n) is 8.32. The molecule has 0 unspecified atom stereocenters. The van der Waals surface area contributed by atoms with E-state index in [1.807, 2.05) is 0 Å². The summed E-state index contributed by atoms with van der Waals surface area (Å²) in [5, 5.41) is 32.4. The van der Waals surface area contributed by atoms with Gasteiger partial charge >= 0.3 is 17.9 Å². The van der Waals surface area contributed by atoms with E-state index in [9.17, 15) is 44.7 Å². The molecule has 15 nitrogen and oxygen atoms in total. The van der Waals surface area contributed by atoms with Gasteiger partial charge in [0.15, 0.2) is 0 Å². The van der Waals surface area contributed by atoms with Crippen molar-refractivity contribution in [3.05, 3.63) is 120 Å². The number of nitro benzene ring substituents is 3. The van der Waals surface area contributed by atoms with Crippen LogP contribution in [-0.4, -0.2) is 52.0 Å². The Bertz CT molecular complexity index is 1440. The van der Waals surface area contributed by atoms with Crippen LogP contribution in [0.1, 0.15) is 43.9 Å². The van der Waals surface area contributed by atoms with Crippen LogP contribution in [0.15, 0.2) is 72.8 Å². The number of esters is 3. The van der Waals surface area contributed by atoms with Gasteiger partial charge in [-0.3, -0.25) is 30.3 Å². The summed E-state index contributed by atoms with van der Waals surface area (Å²) in [6, 6.07) is 14.1. The topological polar surface area (TPSA) is 208 Å². The van der Waals surface area contributed by atoms with E-state index in [4.69, 9.17) is 14.2 Å². The van der Waals surface area contributed by atoms with Gasteiger partial charge in [0, 0.05) is 36.4 Å². The molecule has 0 radical (unpaired) electrons. The molecule has 3 aromatic carbocycles. The highest BCUT2D eigenvalue weighted by Crippen LogP contribution is 2.17. The molecule has 0 aliphatic carbocycles. The summed E-state index contributed by atoms with van der Waals surface area (Å²) in [4.78, 5) is 67.8. The summed E-state index contributed by atoms with van der Waals surface area (Å²) in [6.07, 6.45) is -0.788. The van der Waals surface area contributed by atoms with Gasteiger partial charge in [-0.25, -0.2) is 14.4 Å². The van der Waals surface area contributed by atoms with Crippen LogP contribution in [0.5, 0.6) is 0 Å². The fourth-order valence-electron chi connectivity index (χ4n) is 3.36. The first-order chi connectivity index (χ1) is 19.5. The molecule has 0 spiro atoms. The number of hydrogen-bond acceptors (Lipinski definition) is 12. The van der Waals surface area contributed by atoms with Crippen LogP contribution in [0.4, 0.5) is 17.1 Å². The number of non-ortho nitro benzene ring substituents is 3. The molecule has 0 saturated heterocycles. The van der Waals surface area contributed by atoms with Crippen molar-refractivity contribution in [1.29, 1.82) is 0 Å². The van der Waals surface area contributed by atoms with Crippen molar-refractivity contribution in [3.8, 4) is 0 Å². The number of nitrogens with zero attached hydrogens (tertiary/aromatic N) is 3. The van der Waals surface area contributed by atoms with Gasteiger partial charge < -0.3 is 14.2 Å². The van der Waals surface area contributed by atoms with Gasteiger partial charge in [-0.2, -0.15) is 0 Å². The van der Waals surface area contributed by atoms with Gasteiger partial charge in [-0.1, -0.05) is 0 Å². The summed E-state index contributed by atoms with van der Waals surface area (Å²) in [7, 11) is 0. The highest BCUT2D eigenvalue weighted by molar-refractivity contribution is 5.91. The Labute approximate surface area is 230 Å². The maximum Gasteiger partial charge on any atom is 0.338 e. The SMILES string of the molecule is O=C(OCCC[C@@H](COC(=O)c1ccc([N+](=O)[O-])cc1)OC(=O)c1ccc([N+](=O)[O-])cc1)c1ccc([N+](=O)[O-])cc1. The molecule has 0 aliphatic rings. The van der Waals surface area contributed by atoms with Gasteiger partial charge in [0.1, 0.15) is 12.7 Å². The molecule has 0 bridgehead atoms. The lowest BCUT2D eigenvalue weighted by atomic mass is 10.2. The van der Waals surface area contributed by atoms with Gasteiger partial charge in [0.05, 0.1) is 38.1 Å². The normalized spacial score (nSPS) is 11.1. The van der Waals surface area contributed by atoms with Crippen LogP contribution >= 0.6 is 0 Å². The van der Waals surface area contributed by atoms with Gasteiger partial charge in [-0.15, -0.1) is 0 Å². The molecular weight excluding hydrogens is 546 g/mol. The Morgan fingerprint density at radius 2 is 0.951 bits per heavy atom. The first-order valence-electron chi connectivity index (χ1n) is 11.8. The van der Waals surface area contributed by atoms with E-state index in [1.54, 1.807) is 0 Å². The van der Waals surface area contributed by atoms with Crippen LogP contribution in [0, 0.1) is 30.3 Å². The Morgan fingerprint density at radius 3 is 1.34 bits per heavy atom. The van der Waals surface area contributed by atoms with Crippen molar-refractivity contribution >= 4 is 35.0 Å². The second-order valence-corrected chi connectivity index (χ2v) is 8.32. The Balaban J connectivity index is 1.61. The van der Waals surface area contributed by atoms with E-state index in [-0.39, 0.29) is 53.2 Å². The predicted molar refractivity (Wildman–Crippen MR) is 138 cm³/mol. The van der Waals surface area contributed by atoms with E-state index in [0.29, 0.717) is 0 Å². The molecule has 0 N–H and O–H groups in total. The molecule has 1 atom stereocenters. The Kier molecular flexibility index (Phi) is 10.1. The fraction of sp³-hybridized carbons (Fsp3) is 0.192. The lowest BCUT2D eigenvalue weighted by Gasteiger charge is -2.18. The van der Waals surface area contributed by atoms with Crippen LogP contribution in [-0.2, 0) is 14.2 Å². The lowest BCUT2D eigenvalue weighted by Crippen LogP contribution is -2.26. The lowest BCUT2D eigenvalue weighted by molar-refractivity contribution is -0.385. The largest absolute Gasteiger partial charge is 0.462 e. The Hall–Kier alpha value is -5.73. The second kappa shape index (κ2) is 13.9. The first kappa shape index (κ1) is 29.8. The summed E-state index contributed by atoms with van der Waals surface area (Å²) in [5.74, 6) is -2.41. The molecule has 212 valence electrons. The van der Waals surface area contributed by atoms with Crippen LogP contribution in [0.25, 0.3) is 0 Å². The quantitative estimate of drug-likeness (QED) is 0.0923. The monoisotopic (exact) mass is 567 g/mol. The van der Waals surface area contributed by atoms with Crippen LogP contribution in [0.3, 0.4) is 0 Å². The zero-order chi connectivity index (χ0) is 29.9. The number of rotatable bonds is 13. The third kappa shape index (κ3) is 8.64. The average Bonchev–Trinajstić information content (AvgIpc) is 2.97. The van der Waals surface area contributed by atoms with Crippen molar-refractivity contribution in [3.63, 3.8) is 0 Å². The minimum absolute atomic E-state index is 0.00638. The summed E-state index contributed by atoms with van der Waals surface area (Å²) in [6.45, 7) is -0.539.